The minimum absolute atomic E-state index is 0.198. The third-order valence-electron chi connectivity index (χ3n) is 4.47. The van der Waals surface area contributed by atoms with E-state index in [-0.39, 0.29) is 6.10 Å². The molecular weight excluding hydrogens is 296 g/mol. The van der Waals surface area contributed by atoms with Gasteiger partial charge < -0.3 is 9.84 Å². The number of hydrogen-bond acceptors (Lipinski definition) is 2. The first-order valence-corrected chi connectivity index (χ1v) is 9.12. The average molecular weight is 326 g/mol. The molecule has 1 heterocycles. The van der Waals surface area contributed by atoms with E-state index in [1.54, 1.807) is 12.1 Å². The average Bonchev–Trinajstić information content (AvgIpc) is 3.04. The highest BCUT2D eigenvalue weighted by atomic mass is 16.5. The van der Waals surface area contributed by atoms with E-state index in [1.807, 2.05) is 12.1 Å². The normalized spacial score (nSPS) is 17.8. The molecule has 1 aliphatic heterocycles. The molecule has 0 saturated carbocycles. The van der Waals surface area contributed by atoms with Crippen LogP contribution in [0.15, 0.2) is 53.6 Å². The number of ether oxygens (including phenoxy) is 1. The maximum atomic E-state index is 9.41. The van der Waals surface area contributed by atoms with Gasteiger partial charge in [-0.05, 0) is 54.5 Å². The van der Waals surface area contributed by atoms with Crippen molar-refractivity contribution >= 4 is 6.08 Å². The number of benzene rings is 1. The third-order valence-corrected chi connectivity index (χ3v) is 4.47. The molecule has 0 spiro atoms. The van der Waals surface area contributed by atoms with Gasteiger partial charge in [-0.15, -0.1) is 0 Å². The van der Waals surface area contributed by atoms with Crippen molar-refractivity contribution in [2.45, 2.75) is 58.5 Å². The van der Waals surface area contributed by atoms with Gasteiger partial charge >= 0.3 is 0 Å². The first kappa shape index (κ1) is 18.5. The molecule has 1 atom stereocenters. The highest BCUT2D eigenvalue weighted by Crippen LogP contribution is 2.29. The number of phenols is 1. The second kappa shape index (κ2) is 9.48. The maximum absolute atomic E-state index is 9.41. The van der Waals surface area contributed by atoms with Gasteiger partial charge in [0.15, 0.2) is 0 Å². The summed E-state index contributed by atoms with van der Waals surface area (Å²) in [7, 11) is 0. The van der Waals surface area contributed by atoms with Crippen LogP contribution in [0.4, 0.5) is 0 Å². The summed E-state index contributed by atoms with van der Waals surface area (Å²) in [5, 5.41) is 9.41. The Morgan fingerprint density at radius 2 is 1.88 bits per heavy atom. The molecule has 0 radical (unpaired) electrons. The van der Waals surface area contributed by atoms with Gasteiger partial charge in [0.05, 0.1) is 12.7 Å². The lowest BCUT2D eigenvalue weighted by Gasteiger charge is -2.17. The summed E-state index contributed by atoms with van der Waals surface area (Å²) in [5.74, 6) is 0.313. The van der Waals surface area contributed by atoms with E-state index in [1.165, 1.54) is 16.7 Å². The molecule has 1 unspecified atom stereocenters. The number of hydrogen-bond donors (Lipinski definition) is 1. The molecule has 1 aromatic carbocycles. The van der Waals surface area contributed by atoms with Crippen molar-refractivity contribution in [1.29, 1.82) is 0 Å². The molecule has 0 bridgehead atoms. The van der Waals surface area contributed by atoms with Gasteiger partial charge in [0, 0.05) is 0 Å². The van der Waals surface area contributed by atoms with Crippen molar-refractivity contribution in [3.8, 4) is 5.75 Å². The van der Waals surface area contributed by atoms with Gasteiger partial charge in [-0.1, -0.05) is 63.1 Å². The fourth-order valence-corrected chi connectivity index (χ4v) is 3.25. The smallest absolute Gasteiger partial charge is 0.115 e. The van der Waals surface area contributed by atoms with E-state index in [2.05, 4.69) is 32.6 Å². The Hall–Kier alpha value is -1.80. The van der Waals surface area contributed by atoms with Crippen LogP contribution in [-0.4, -0.2) is 17.8 Å². The molecule has 2 heteroatoms. The fourth-order valence-electron chi connectivity index (χ4n) is 3.25. The van der Waals surface area contributed by atoms with Gasteiger partial charge in [-0.3, -0.25) is 0 Å². The van der Waals surface area contributed by atoms with E-state index in [0.29, 0.717) is 12.4 Å². The summed E-state index contributed by atoms with van der Waals surface area (Å²) < 4.78 is 5.91. The van der Waals surface area contributed by atoms with Gasteiger partial charge in [-0.2, -0.15) is 0 Å². The summed E-state index contributed by atoms with van der Waals surface area (Å²) in [6, 6.07) is 7.41. The molecule has 1 aromatic rings. The van der Waals surface area contributed by atoms with Crippen LogP contribution in [0.3, 0.4) is 0 Å². The van der Waals surface area contributed by atoms with Gasteiger partial charge in [-0.25, -0.2) is 0 Å². The van der Waals surface area contributed by atoms with Crippen molar-refractivity contribution in [3.05, 3.63) is 59.2 Å². The quantitative estimate of drug-likeness (QED) is 0.599. The number of allylic oxidation sites excluding steroid dienone is 1. The number of aromatic hydroxyl groups is 1. The molecule has 1 aliphatic rings. The molecular formula is C22H30O2. The van der Waals surface area contributed by atoms with E-state index < -0.39 is 0 Å². The second-order valence-corrected chi connectivity index (χ2v) is 6.52. The zero-order valence-electron chi connectivity index (χ0n) is 15.1. The maximum Gasteiger partial charge on any atom is 0.115 e. The molecule has 0 fully saturated rings. The van der Waals surface area contributed by atoms with Gasteiger partial charge in [0.25, 0.3) is 0 Å². The lowest BCUT2D eigenvalue weighted by molar-refractivity contribution is 0.116. The van der Waals surface area contributed by atoms with E-state index in [4.69, 9.17) is 4.74 Å². The molecule has 0 aliphatic carbocycles. The molecule has 24 heavy (non-hydrogen) atoms. The lowest BCUT2D eigenvalue weighted by Crippen LogP contribution is -2.12. The number of rotatable bonds is 9. The Morgan fingerprint density at radius 1 is 1.17 bits per heavy atom. The van der Waals surface area contributed by atoms with Crippen LogP contribution in [0.25, 0.3) is 6.08 Å². The summed E-state index contributed by atoms with van der Waals surface area (Å²) >= 11 is 0. The summed E-state index contributed by atoms with van der Waals surface area (Å²) in [6.45, 7) is 9.35. The largest absolute Gasteiger partial charge is 0.508 e. The van der Waals surface area contributed by atoms with E-state index in [9.17, 15) is 5.11 Å². The van der Waals surface area contributed by atoms with Crippen LogP contribution in [0.2, 0.25) is 0 Å². The molecule has 0 amide bonds. The van der Waals surface area contributed by atoms with E-state index in [0.717, 1.165) is 44.1 Å². The van der Waals surface area contributed by atoms with E-state index >= 15 is 0 Å². The summed E-state index contributed by atoms with van der Waals surface area (Å²) in [5.41, 5.74) is 5.14. The monoisotopic (exact) mass is 326 g/mol. The Bertz CT molecular complexity index is 593. The molecule has 1 N–H and O–H groups in total. The first-order valence-electron chi connectivity index (χ1n) is 9.12. The molecule has 130 valence electrons. The Kier molecular flexibility index (Phi) is 7.33. The zero-order valence-corrected chi connectivity index (χ0v) is 15.1. The Morgan fingerprint density at radius 3 is 2.54 bits per heavy atom. The van der Waals surface area contributed by atoms with Gasteiger partial charge in [0.2, 0.25) is 0 Å². The highest BCUT2D eigenvalue weighted by molar-refractivity contribution is 5.54. The van der Waals surface area contributed by atoms with Crippen molar-refractivity contribution in [3.63, 3.8) is 0 Å². The van der Waals surface area contributed by atoms with Crippen molar-refractivity contribution in [2.24, 2.45) is 0 Å². The van der Waals surface area contributed by atoms with Crippen LogP contribution in [-0.2, 0) is 4.74 Å². The minimum atomic E-state index is 0.198. The standard InChI is InChI=1S/C22H30O2/c1-4-6-17(3)21-14-15-24-22(21)13-10-18(7-5-2)16-19-8-11-20(23)12-9-19/h8-9,11-12,14,16,22-23H,3-7,10,13,15H2,1-2H3/b18-16+. The minimum Gasteiger partial charge on any atom is -0.508 e. The Labute approximate surface area is 146 Å². The summed E-state index contributed by atoms with van der Waals surface area (Å²) in [4.78, 5) is 0. The van der Waals surface area contributed by atoms with Crippen molar-refractivity contribution in [2.75, 3.05) is 6.61 Å². The Balaban J connectivity index is 1.99. The van der Waals surface area contributed by atoms with Gasteiger partial charge in [0.1, 0.15) is 5.75 Å². The molecule has 0 aromatic heterocycles. The van der Waals surface area contributed by atoms with Crippen molar-refractivity contribution < 1.29 is 9.84 Å². The number of phenolic OH excluding ortho intramolecular Hbond substituents is 1. The first-order chi connectivity index (χ1) is 11.6. The van der Waals surface area contributed by atoms with Crippen LogP contribution in [0, 0.1) is 0 Å². The van der Waals surface area contributed by atoms with Crippen LogP contribution in [0.1, 0.15) is 57.9 Å². The third kappa shape index (κ3) is 5.38. The highest BCUT2D eigenvalue weighted by Gasteiger charge is 2.21. The molecule has 2 nitrogen and oxygen atoms in total. The molecule has 2 rings (SSSR count). The predicted molar refractivity (Wildman–Crippen MR) is 102 cm³/mol. The van der Waals surface area contributed by atoms with Crippen LogP contribution in [0.5, 0.6) is 5.75 Å². The second-order valence-electron chi connectivity index (χ2n) is 6.52. The van der Waals surface area contributed by atoms with Crippen LogP contribution >= 0.6 is 0 Å². The molecule has 0 saturated heterocycles. The predicted octanol–water partition coefficient (Wildman–Crippen LogP) is 6.04. The van der Waals surface area contributed by atoms with Crippen molar-refractivity contribution in [1.82, 2.24) is 0 Å². The topological polar surface area (TPSA) is 29.5 Å². The SMILES string of the molecule is C=C(CCC)C1=CCOC1CC/C(=C/c1ccc(O)cc1)CCC. The fraction of sp³-hybridized carbons (Fsp3) is 0.455. The lowest BCUT2D eigenvalue weighted by atomic mass is 9.93. The zero-order chi connectivity index (χ0) is 17.4. The van der Waals surface area contributed by atoms with Crippen LogP contribution < -0.4 is 0 Å². The summed E-state index contributed by atoms with van der Waals surface area (Å²) in [6.07, 6.45) is 11.1.